The molecule has 2 rings (SSSR count). The highest BCUT2D eigenvalue weighted by Crippen LogP contribution is 2.19. The summed E-state index contributed by atoms with van der Waals surface area (Å²) in [7, 11) is 0. The molecule has 0 aliphatic carbocycles. The van der Waals surface area contributed by atoms with E-state index in [9.17, 15) is 9.59 Å². The molecule has 6 heteroatoms. The van der Waals surface area contributed by atoms with Crippen molar-refractivity contribution in [3.63, 3.8) is 0 Å². The Morgan fingerprint density at radius 2 is 1.76 bits per heavy atom. The number of aryl methyl sites for hydroxylation is 1. The number of halogens is 1. The van der Waals surface area contributed by atoms with Crippen LogP contribution in [0.1, 0.15) is 24.1 Å². The van der Waals surface area contributed by atoms with Crippen molar-refractivity contribution < 1.29 is 9.59 Å². The van der Waals surface area contributed by atoms with E-state index in [1.807, 2.05) is 44.2 Å². The Morgan fingerprint density at radius 1 is 1.08 bits per heavy atom. The molecule has 0 saturated heterocycles. The van der Waals surface area contributed by atoms with Crippen LogP contribution >= 0.6 is 23.4 Å². The molecule has 0 saturated carbocycles. The highest BCUT2D eigenvalue weighted by molar-refractivity contribution is 8.00. The Labute approximate surface area is 157 Å². The van der Waals surface area contributed by atoms with Gasteiger partial charge in [0.1, 0.15) is 0 Å². The van der Waals surface area contributed by atoms with Gasteiger partial charge >= 0.3 is 0 Å². The molecule has 0 heterocycles. The van der Waals surface area contributed by atoms with Crippen LogP contribution in [0.15, 0.2) is 48.5 Å². The fraction of sp³-hybridized carbons (Fsp3) is 0.263. The third kappa shape index (κ3) is 6.44. The smallest absolute Gasteiger partial charge is 0.234 e. The lowest BCUT2D eigenvalue weighted by Crippen LogP contribution is -2.28. The molecule has 1 unspecified atom stereocenters. The van der Waals surface area contributed by atoms with Gasteiger partial charge in [0.05, 0.1) is 17.5 Å². The van der Waals surface area contributed by atoms with Gasteiger partial charge in [0.15, 0.2) is 0 Å². The van der Waals surface area contributed by atoms with E-state index in [-0.39, 0.29) is 29.4 Å². The maximum absolute atomic E-state index is 12.0. The zero-order valence-corrected chi connectivity index (χ0v) is 15.8. The van der Waals surface area contributed by atoms with Crippen molar-refractivity contribution in [2.45, 2.75) is 19.9 Å². The predicted molar refractivity (Wildman–Crippen MR) is 105 cm³/mol. The van der Waals surface area contributed by atoms with Gasteiger partial charge in [-0.15, -0.1) is 11.8 Å². The lowest BCUT2D eigenvalue weighted by Gasteiger charge is -2.14. The van der Waals surface area contributed by atoms with Crippen molar-refractivity contribution in [2.75, 3.05) is 16.8 Å². The van der Waals surface area contributed by atoms with Gasteiger partial charge in [0, 0.05) is 10.7 Å². The first-order valence-electron chi connectivity index (χ1n) is 7.94. The van der Waals surface area contributed by atoms with E-state index in [1.54, 1.807) is 18.2 Å². The van der Waals surface area contributed by atoms with Crippen LogP contribution in [0.5, 0.6) is 0 Å². The molecular formula is C19H21ClN2O2S. The van der Waals surface area contributed by atoms with Crippen molar-refractivity contribution in [1.82, 2.24) is 5.32 Å². The van der Waals surface area contributed by atoms with Crippen LogP contribution in [0, 0.1) is 6.92 Å². The third-order valence-corrected chi connectivity index (χ3v) is 4.77. The van der Waals surface area contributed by atoms with Crippen molar-refractivity contribution in [1.29, 1.82) is 0 Å². The molecule has 1 atom stereocenters. The zero-order valence-electron chi connectivity index (χ0n) is 14.2. The second-order valence-corrected chi connectivity index (χ2v) is 7.12. The van der Waals surface area contributed by atoms with Crippen LogP contribution in [0.4, 0.5) is 5.69 Å². The number of thioether (sulfide) groups is 1. The first-order chi connectivity index (χ1) is 12.0. The van der Waals surface area contributed by atoms with E-state index in [2.05, 4.69) is 10.6 Å². The van der Waals surface area contributed by atoms with Crippen molar-refractivity contribution in [3.8, 4) is 0 Å². The lowest BCUT2D eigenvalue weighted by atomic mass is 10.1. The van der Waals surface area contributed by atoms with E-state index in [0.717, 1.165) is 16.8 Å². The molecule has 0 aliphatic heterocycles. The fourth-order valence-electron chi connectivity index (χ4n) is 2.30. The summed E-state index contributed by atoms with van der Waals surface area (Å²) in [6, 6.07) is 15.0. The number of benzene rings is 2. The van der Waals surface area contributed by atoms with E-state index in [1.165, 1.54) is 11.8 Å². The van der Waals surface area contributed by atoms with E-state index in [0.29, 0.717) is 5.02 Å². The quantitative estimate of drug-likeness (QED) is 0.761. The number of hydrogen-bond donors (Lipinski definition) is 2. The third-order valence-electron chi connectivity index (χ3n) is 3.61. The molecule has 2 N–H and O–H groups in total. The van der Waals surface area contributed by atoms with Crippen LogP contribution in [0.3, 0.4) is 0 Å². The van der Waals surface area contributed by atoms with Crippen LogP contribution in [0.2, 0.25) is 5.02 Å². The summed E-state index contributed by atoms with van der Waals surface area (Å²) in [6.07, 6.45) is 0. The predicted octanol–water partition coefficient (Wildman–Crippen LogP) is 4.20. The molecular weight excluding hydrogens is 356 g/mol. The second-order valence-electron chi connectivity index (χ2n) is 5.70. The van der Waals surface area contributed by atoms with Gasteiger partial charge in [-0.1, -0.05) is 41.9 Å². The van der Waals surface area contributed by atoms with E-state index < -0.39 is 0 Å². The molecule has 4 nitrogen and oxygen atoms in total. The van der Waals surface area contributed by atoms with Gasteiger partial charge < -0.3 is 10.6 Å². The summed E-state index contributed by atoms with van der Waals surface area (Å²) in [5.41, 5.74) is 2.69. The standard InChI is InChI=1S/C19H21ClN2O2S/c1-13-10-16(20)8-9-17(13)22-19(24)12-25-11-18(23)21-14(2)15-6-4-3-5-7-15/h3-10,14H,11-12H2,1-2H3,(H,21,23)(H,22,24). The van der Waals surface area contributed by atoms with Crippen molar-refractivity contribution in [2.24, 2.45) is 0 Å². The fourth-order valence-corrected chi connectivity index (χ4v) is 3.15. The monoisotopic (exact) mass is 376 g/mol. The first kappa shape index (κ1) is 19.3. The minimum Gasteiger partial charge on any atom is -0.349 e. The van der Waals surface area contributed by atoms with Crippen LogP contribution in [-0.4, -0.2) is 23.3 Å². The summed E-state index contributed by atoms with van der Waals surface area (Å²) < 4.78 is 0. The largest absolute Gasteiger partial charge is 0.349 e. The van der Waals surface area contributed by atoms with Crippen LogP contribution in [-0.2, 0) is 9.59 Å². The number of carbonyl (C=O) groups is 2. The van der Waals surface area contributed by atoms with E-state index >= 15 is 0 Å². The average molecular weight is 377 g/mol. The summed E-state index contributed by atoms with van der Waals surface area (Å²) in [4.78, 5) is 24.0. The minimum atomic E-state index is -0.140. The average Bonchev–Trinajstić information content (AvgIpc) is 2.58. The molecule has 0 spiro atoms. The number of carbonyl (C=O) groups excluding carboxylic acids is 2. The number of amides is 2. The Balaban J connectivity index is 1.72. The number of anilines is 1. The van der Waals surface area contributed by atoms with E-state index in [4.69, 9.17) is 11.6 Å². The molecule has 132 valence electrons. The van der Waals surface area contributed by atoms with Gasteiger partial charge in [-0.25, -0.2) is 0 Å². The molecule has 0 bridgehead atoms. The Hall–Kier alpha value is -1.98. The molecule has 2 aromatic rings. The molecule has 0 aliphatic rings. The van der Waals surface area contributed by atoms with Gasteiger partial charge in [-0.3, -0.25) is 9.59 Å². The number of hydrogen-bond acceptors (Lipinski definition) is 3. The molecule has 2 aromatic carbocycles. The Kier molecular flexibility index (Phi) is 7.34. The minimum absolute atomic E-state index is 0.0557. The van der Waals surface area contributed by atoms with Gasteiger partial charge in [-0.2, -0.15) is 0 Å². The topological polar surface area (TPSA) is 58.2 Å². The normalized spacial score (nSPS) is 11.6. The van der Waals surface area contributed by atoms with Crippen LogP contribution in [0.25, 0.3) is 0 Å². The Bertz CT molecular complexity index is 737. The first-order valence-corrected chi connectivity index (χ1v) is 9.47. The molecule has 0 radical (unpaired) electrons. The van der Waals surface area contributed by atoms with Gasteiger partial charge in [0.25, 0.3) is 0 Å². The SMILES string of the molecule is Cc1cc(Cl)ccc1NC(=O)CSCC(=O)NC(C)c1ccccc1. The maximum atomic E-state index is 12.0. The Morgan fingerprint density at radius 3 is 2.44 bits per heavy atom. The van der Waals surface area contributed by atoms with Crippen LogP contribution < -0.4 is 10.6 Å². The maximum Gasteiger partial charge on any atom is 0.234 e. The number of rotatable bonds is 7. The van der Waals surface area contributed by atoms with Crippen molar-refractivity contribution >= 4 is 40.9 Å². The van der Waals surface area contributed by atoms with Gasteiger partial charge in [0.2, 0.25) is 11.8 Å². The molecule has 2 amide bonds. The highest BCUT2D eigenvalue weighted by Gasteiger charge is 2.11. The highest BCUT2D eigenvalue weighted by atomic mass is 35.5. The summed E-state index contributed by atoms with van der Waals surface area (Å²) in [5.74, 6) is 0.232. The number of nitrogens with one attached hydrogen (secondary N) is 2. The molecule has 0 aromatic heterocycles. The summed E-state index contributed by atoms with van der Waals surface area (Å²) in [6.45, 7) is 3.82. The van der Waals surface area contributed by atoms with Gasteiger partial charge in [-0.05, 0) is 43.2 Å². The summed E-state index contributed by atoms with van der Waals surface area (Å²) >= 11 is 7.18. The second kappa shape index (κ2) is 9.49. The zero-order chi connectivity index (χ0) is 18.2. The molecule has 25 heavy (non-hydrogen) atoms. The lowest BCUT2D eigenvalue weighted by molar-refractivity contribution is -0.119. The molecule has 0 fully saturated rings. The summed E-state index contributed by atoms with van der Waals surface area (Å²) in [5, 5.41) is 6.39. The van der Waals surface area contributed by atoms with Crippen molar-refractivity contribution in [3.05, 3.63) is 64.7 Å².